The highest BCUT2D eigenvalue weighted by molar-refractivity contribution is 7.89. The summed E-state index contributed by atoms with van der Waals surface area (Å²) in [5, 5.41) is 2.82. The Morgan fingerprint density at radius 1 is 0.969 bits per heavy atom. The average Bonchev–Trinajstić information content (AvgIpc) is 3.28. The van der Waals surface area contributed by atoms with Gasteiger partial charge < -0.3 is 14.5 Å². The highest BCUT2D eigenvalue weighted by Crippen LogP contribution is 2.14. The maximum atomic E-state index is 12.4. The van der Waals surface area contributed by atoms with Crippen LogP contribution < -0.4 is 10.0 Å². The highest BCUT2D eigenvalue weighted by Gasteiger charge is 2.15. The molecule has 0 bridgehead atoms. The van der Waals surface area contributed by atoms with Crippen LogP contribution in [0.3, 0.4) is 0 Å². The van der Waals surface area contributed by atoms with Crippen LogP contribution in [0.1, 0.15) is 34.4 Å². The van der Waals surface area contributed by atoms with Crippen molar-refractivity contribution in [1.29, 1.82) is 0 Å². The molecule has 0 fully saturated rings. The molecule has 170 valence electrons. The van der Waals surface area contributed by atoms with E-state index in [1.54, 1.807) is 24.5 Å². The summed E-state index contributed by atoms with van der Waals surface area (Å²) < 4.78 is 38.1. The van der Waals surface area contributed by atoms with Crippen LogP contribution in [0.4, 0.5) is 0 Å². The first-order valence-electron chi connectivity index (χ1n) is 10.3. The van der Waals surface area contributed by atoms with Gasteiger partial charge in [-0.2, -0.15) is 0 Å². The van der Waals surface area contributed by atoms with Crippen LogP contribution in [0.2, 0.25) is 0 Å². The van der Waals surface area contributed by atoms with Crippen molar-refractivity contribution in [3.63, 3.8) is 0 Å². The van der Waals surface area contributed by atoms with Crippen molar-refractivity contribution in [1.82, 2.24) is 10.0 Å². The van der Waals surface area contributed by atoms with Crippen molar-refractivity contribution >= 4 is 15.9 Å². The van der Waals surface area contributed by atoms with Crippen molar-refractivity contribution in [2.45, 2.75) is 44.9 Å². The van der Waals surface area contributed by atoms with Crippen LogP contribution >= 0.6 is 0 Å². The lowest BCUT2D eigenvalue weighted by atomic mass is 10.1. The largest absolute Gasteiger partial charge is 0.467 e. The molecule has 32 heavy (non-hydrogen) atoms. The monoisotopic (exact) mass is 456 g/mol. The summed E-state index contributed by atoms with van der Waals surface area (Å²) in [4.78, 5) is 12.3. The van der Waals surface area contributed by atoms with Crippen LogP contribution in [0, 0.1) is 13.8 Å². The summed E-state index contributed by atoms with van der Waals surface area (Å²) in [6.07, 6.45) is 1.66. The smallest absolute Gasteiger partial charge is 0.240 e. The minimum atomic E-state index is -3.64. The van der Waals surface area contributed by atoms with Gasteiger partial charge >= 0.3 is 0 Å². The second-order valence-corrected chi connectivity index (χ2v) is 9.33. The molecule has 7 nitrogen and oxygen atoms in total. The van der Waals surface area contributed by atoms with Gasteiger partial charge in [-0.05, 0) is 60.4 Å². The lowest BCUT2D eigenvalue weighted by Crippen LogP contribution is -2.30. The number of sulfonamides is 1. The quantitative estimate of drug-likeness (QED) is 0.459. The highest BCUT2D eigenvalue weighted by atomic mass is 32.2. The number of carbonyl (C=O) groups is 1. The second kappa shape index (κ2) is 11.1. The number of hydrogen-bond acceptors (Lipinski definition) is 5. The van der Waals surface area contributed by atoms with E-state index in [9.17, 15) is 13.2 Å². The van der Waals surface area contributed by atoms with Gasteiger partial charge in [-0.1, -0.05) is 30.3 Å². The zero-order chi connectivity index (χ0) is 23.0. The number of furan rings is 1. The molecule has 3 aromatic rings. The van der Waals surface area contributed by atoms with Crippen LogP contribution in [-0.4, -0.2) is 20.9 Å². The Labute approximate surface area is 188 Å². The number of hydrogen-bond donors (Lipinski definition) is 2. The van der Waals surface area contributed by atoms with Gasteiger partial charge in [-0.3, -0.25) is 4.79 Å². The van der Waals surface area contributed by atoms with Crippen LogP contribution in [0.5, 0.6) is 0 Å². The first-order valence-corrected chi connectivity index (χ1v) is 11.8. The molecule has 0 spiro atoms. The van der Waals surface area contributed by atoms with Gasteiger partial charge in [0.2, 0.25) is 15.9 Å². The number of rotatable bonds is 11. The molecule has 1 amide bonds. The van der Waals surface area contributed by atoms with E-state index < -0.39 is 10.0 Å². The topological polar surface area (TPSA) is 97.6 Å². The Balaban J connectivity index is 1.41. The molecule has 0 aliphatic heterocycles. The fourth-order valence-electron chi connectivity index (χ4n) is 3.05. The molecule has 2 aromatic carbocycles. The van der Waals surface area contributed by atoms with Crippen molar-refractivity contribution in [2.24, 2.45) is 0 Å². The number of nitrogens with one attached hydrogen (secondary N) is 2. The van der Waals surface area contributed by atoms with Crippen molar-refractivity contribution in [3.05, 3.63) is 88.9 Å². The fraction of sp³-hybridized carbons (Fsp3) is 0.292. The van der Waals surface area contributed by atoms with Gasteiger partial charge in [0.25, 0.3) is 0 Å². The molecule has 2 N–H and O–H groups in total. The number of ether oxygens (including phenoxy) is 1. The van der Waals surface area contributed by atoms with E-state index in [1.807, 2.05) is 50.2 Å². The van der Waals surface area contributed by atoms with Gasteiger partial charge in [0, 0.05) is 19.5 Å². The first kappa shape index (κ1) is 23.7. The van der Waals surface area contributed by atoms with E-state index in [-0.39, 0.29) is 23.8 Å². The standard InChI is InChI=1S/C24H28N2O5S/c1-18-8-9-23(13-19(18)2)32(28,29)26-11-10-24(27)25-15-20-5-3-6-21(14-20)16-30-17-22-7-4-12-31-22/h3-9,12-14,26H,10-11,15-17H2,1-2H3,(H,25,27). The third kappa shape index (κ3) is 7.05. The zero-order valence-corrected chi connectivity index (χ0v) is 19.1. The molecule has 0 radical (unpaired) electrons. The summed E-state index contributed by atoms with van der Waals surface area (Å²) in [5.74, 6) is 0.536. The Hall–Kier alpha value is -2.94. The third-order valence-corrected chi connectivity index (χ3v) is 6.47. The lowest BCUT2D eigenvalue weighted by Gasteiger charge is -2.10. The maximum absolute atomic E-state index is 12.4. The van der Waals surface area contributed by atoms with Crippen molar-refractivity contribution in [2.75, 3.05) is 6.54 Å². The first-order chi connectivity index (χ1) is 15.3. The van der Waals surface area contributed by atoms with Gasteiger partial charge in [0.1, 0.15) is 12.4 Å². The van der Waals surface area contributed by atoms with E-state index in [0.717, 1.165) is 28.0 Å². The van der Waals surface area contributed by atoms with E-state index in [0.29, 0.717) is 19.8 Å². The zero-order valence-electron chi connectivity index (χ0n) is 18.3. The van der Waals surface area contributed by atoms with Gasteiger partial charge in [0.05, 0.1) is 17.8 Å². The lowest BCUT2D eigenvalue weighted by molar-refractivity contribution is -0.121. The Kier molecular flexibility index (Phi) is 8.21. The third-order valence-electron chi connectivity index (χ3n) is 5.01. The fourth-order valence-corrected chi connectivity index (χ4v) is 4.16. The summed E-state index contributed by atoms with van der Waals surface area (Å²) in [5.41, 5.74) is 3.85. The van der Waals surface area contributed by atoms with Crippen LogP contribution in [-0.2, 0) is 39.3 Å². The predicted molar refractivity (Wildman–Crippen MR) is 121 cm³/mol. The molecular formula is C24H28N2O5S. The maximum Gasteiger partial charge on any atom is 0.240 e. The molecule has 0 unspecified atom stereocenters. The normalized spacial score (nSPS) is 11.4. The van der Waals surface area contributed by atoms with Gasteiger partial charge in [0.15, 0.2) is 0 Å². The van der Waals surface area contributed by atoms with E-state index in [1.165, 1.54) is 0 Å². The van der Waals surface area contributed by atoms with E-state index in [4.69, 9.17) is 9.15 Å². The summed E-state index contributed by atoms with van der Waals surface area (Å²) in [6.45, 7) is 5.00. The van der Waals surface area contributed by atoms with Crippen LogP contribution in [0.15, 0.2) is 70.2 Å². The van der Waals surface area contributed by atoms with E-state index >= 15 is 0 Å². The molecule has 1 heterocycles. The molecular weight excluding hydrogens is 428 g/mol. The Bertz CT molecular complexity index is 1140. The minimum absolute atomic E-state index is 0.0295. The number of benzene rings is 2. The van der Waals surface area contributed by atoms with E-state index in [2.05, 4.69) is 10.0 Å². The molecule has 0 atom stereocenters. The molecule has 8 heteroatoms. The van der Waals surface area contributed by atoms with Crippen LogP contribution in [0.25, 0.3) is 0 Å². The van der Waals surface area contributed by atoms with Crippen molar-refractivity contribution < 1.29 is 22.4 Å². The molecule has 0 saturated carbocycles. The summed E-state index contributed by atoms with van der Waals surface area (Å²) >= 11 is 0. The second-order valence-electron chi connectivity index (χ2n) is 7.56. The molecule has 0 saturated heterocycles. The van der Waals surface area contributed by atoms with Crippen molar-refractivity contribution in [3.8, 4) is 0 Å². The predicted octanol–water partition coefficient (Wildman–Crippen LogP) is 3.60. The number of aryl methyl sites for hydroxylation is 2. The molecule has 0 aliphatic rings. The molecule has 0 aliphatic carbocycles. The minimum Gasteiger partial charge on any atom is -0.467 e. The van der Waals surface area contributed by atoms with Gasteiger partial charge in [-0.15, -0.1) is 0 Å². The Morgan fingerprint density at radius 3 is 2.53 bits per heavy atom. The molecule has 3 rings (SSSR count). The summed E-state index contributed by atoms with van der Waals surface area (Å²) in [7, 11) is -3.64. The number of carbonyl (C=O) groups excluding carboxylic acids is 1. The molecule has 1 aromatic heterocycles. The average molecular weight is 457 g/mol. The summed E-state index contributed by atoms with van der Waals surface area (Å²) in [6, 6.07) is 16.4. The number of amides is 1. The van der Waals surface area contributed by atoms with Gasteiger partial charge in [-0.25, -0.2) is 13.1 Å². The Morgan fingerprint density at radius 2 is 1.78 bits per heavy atom. The SMILES string of the molecule is Cc1ccc(S(=O)(=O)NCCC(=O)NCc2cccc(COCc3ccco3)c2)cc1C.